The van der Waals surface area contributed by atoms with E-state index in [1.807, 2.05) is 0 Å². The second-order valence-electron chi connectivity index (χ2n) is 5.05. The Bertz CT molecular complexity index is 785. The minimum Gasteiger partial charge on any atom is -0.462 e. The van der Waals surface area contributed by atoms with Gasteiger partial charge in [-0.05, 0) is 47.9 Å². The van der Waals surface area contributed by atoms with Gasteiger partial charge >= 0.3 is 18.2 Å². The van der Waals surface area contributed by atoms with Gasteiger partial charge in [-0.2, -0.15) is 0 Å². The topological polar surface area (TPSA) is 64.6 Å². The van der Waals surface area contributed by atoms with E-state index in [9.17, 15) is 22.8 Å². The van der Waals surface area contributed by atoms with Crippen LogP contribution in [0, 0.1) is 6.92 Å². The number of rotatable bonds is 3. The van der Waals surface area contributed by atoms with Crippen molar-refractivity contribution in [2.24, 2.45) is 0 Å². The Morgan fingerprint density at radius 2 is 1.68 bits per heavy atom. The Kier molecular flexibility index (Phi) is 5.31. The molecule has 0 aromatic heterocycles. The minimum absolute atomic E-state index is 0.309. The molecule has 132 valence electrons. The molecule has 0 fully saturated rings. The van der Waals surface area contributed by atoms with E-state index in [1.165, 1.54) is 24.3 Å². The van der Waals surface area contributed by atoms with Crippen molar-refractivity contribution in [2.75, 3.05) is 12.4 Å². The summed E-state index contributed by atoms with van der Waals surface area (Å²) in [4.78, 5) is 22.6. The standard InChI is InChI=1S/C17H14F3NO4/c1-10-9-12(21-15(22)16(23)24-2)5-8-14(10)11-3-6-13(7-4-11)25-17(18,19)20/h3-9H,1-2H3,(H,21,22). The van der Waals surface area contributed by atoms with Crippen molar-refractivity contribution in [2.45, 2.75) is 13.3 Å². The summed E-state index contributed by atoms with van der Waals surface area (Å²) in [5.41, 5.74) is 2.59. The maximum absolute atomic E-state index is 12.2. The second kappa shape index (κ2) is 7.25. The highest BCUT2D eigenvalue weighted by Crippen LogP contribution is 2.29. The van der Waals surface area contributed by atoms with Crippen LogP contribution in [0.2, 0.25) is 0 Å². The monoisotopic (exact) mass is 353 g/mol. The van der Waals surface area contributed by atoms with Crippen LogP contribution in [0.25, 0.3) is 11.1 Å². The van der Waals surface area contributed by atoms with Crippen LogP contribution < -0.4 is 10.1 Å². The van der Waals surface area contributed by atoms with Crippen LogP contribution in [0.3, 0.4) is 0 Å². The predicted octanol–water partition coefficient (Wildman–Crippen LogP) is 3.67. The molecule has 0 bridgehead atoms. The maximum atomic E-state index is 12.2. The van der Waals surface area contributed by atoms with Crippen LogP contribution in [-0.4, -0.2) is 25.3 Å². The van der Waals surface area contributed by atoms with Crippen molar-refractivity contribution in [3.8, 4) is 16.9 Å². The SMILES string of the molecule is COC(=O)C(=O)Nc1ccc(-c2ccc(OC(F)(F)F)cc2)c(C)c1. The Hall–Kier alpha value is -3.03. The number of alkyl halides is 3. The number of carbonyl (C=O) groups is 2. The molecule has 2 rings (SSSR count). The van der Waals surface area contributed by atoms with E-state index in [0.717, 1.165) is 18.2 Å². The number of anilines is 1. The fourth-order valence-corrected chi connectivity index (χ4v) is 2.18. The molecule has 8 heteroatoms. The van der Waals surface area contributed by atoms with Gasteiger partial charge in [0.2, 0.25) is 0 Å². The highest BCUT2D eigenvalue weighted by molar-refractivity contribution is 6.37. The molecule has 25 heavy (non-hydrogen) atoms. The third-order valence-electron chi connectivity index (χ3n) is 3.25. The number of carbonyl (C=O) groups excluding carboxylic acids is 2. The first-order valence-electron chi connectivity index (χ1n) is 7.06. The van der Waals surface area contributed by atoms with Gasteiger partial charge in [0.25, 0.3) is 0 Å². The molecule has 0 aliphatic rings. The van der Waals surface area contributed by atoms with Crippen LogP contribution >= 0.6 is 0 Å². The Labute approximate surface area is 141 Å². The number of hydrogen-bond acceptors (Lipinski definition) is 4. The highest BCUT2D eigenvalue weighted by atomic mass is 19.4. The molecule has 2 aromatic rings. The normalized spacial score (nSPS) is 10.9. The molecule has 0 atom stereocenters. The van der Waals surface area contributed by atoms with E-state index >= 15 is 0 Å². The molecule has 0 unspecified atom stereocenters. The number of hydrogen-bond donors (Lipinski definition) is 1. The number of nitrogens with one attached hydrogen (secondary N) is 1. The quantitative estimate of drug-likeness (QED) is 0.675. The summed E-state index contributed by atoms with van der Waals surface area (Å²) >= 11 is 0. The zero-order valence-corrected chi connectivity index (χ0v) is 13.3. The van der Waals surface area contributed by atoms with Gasteiger partial charge in [0, 0.05) is 5.69 Å². The molecule has 5 nitrogen and oxygen atoms in total. The number of ether oxygens (including phenoxy) is 2. The zero-order chi connectivity index (χ0) is 18.6. The fourth-order valence-electron chi connectivity index (χ4n) is 2.18. The first-order valence-corrected chi connectivity index (χ1v) is 7.06. The van der Waals surface area contributed by atoms with Gasteiger partial charge in [0.15, 0.2) is 0 Å². The van der Waals surface area contributed by atoms with Gasteiger partial charge in [0.05, 0.1) is 7.11 Å². The average Bonchev–Trinajstić information content (AvgIpc) is 2.53. The maximum Gasteiger partial charge on any atom is 0.573 e. The molecule has 2 aromatic carbocycles. The largest absolute Gasteiger partial charge is 0.573 e. The van der Waals surface area contributed by atoms with Crippen LogP contribution in [-0.2, 0) is 14.3 Å². The molecular formula is C17H14F3NO4. The summed E-state index contributed by atoms with van der Waals surface area (Å²) in [5.74, 6) is -2.22. The molecule has 0 aliphatic heterocycles. The predicted molar refractivity (Wildman–Crippen MR) is 83.9 cm³/mol. The molecule has 1 amide bonds. The minimum atomic E-state index is -4.74. The lowest BCUT2D eigenvalue weighted by molar-refractivity contribution is -0.274. The third-order valence-corrected chi connectivity index (χ3v) is 3.25. The van der Waals surface area contributed by atoms with Crippen LogP contribution in [0.5, 0.6) is 5.75 Å². The van der Waals surface area contributed by atoms with Gasteiger partial charge in [-0.25, -0.2) is 4.79 Å². The van der Waals surface area contributed by atoms with Gasteiger partial charge in [-0.3, -0.25) is 4.79 Å². The molecule has 0 saturated heterocycles. The molecule has 0 radical (unpaired) electrons. The highest BCUT2D eigenvalue weighted by Gasteiger charge is 2.30. The molecule has 0 heterocycles. The summed E-state index contributed by atoms with van der Waals surface area (Å²) in [5, 5.41) is 2.39. The van der Waals surface area contributed by atoms with E-state index in [1.54, 1.807) is 25.1 Å². The van der Waals surface area contributed by atoms with Gasteiger partial charge in [-0.15, -0.1) is 13.2 Å². The Morgan fingerprint density at radius 3 is 2.20 bits per heavy atom. The summed E-state index contributed by atoms with van der Waals surface area (Å²) in [6.07, 6.45) is -4.74. The average molecular weight is 353 g/mol. The number of methoxy groups -OCH3 is 1. The van der Waals surface area contributed by atoms with Crippen molar-refractivity contribution >= 4 is 17.6 Å². The lowest BCUT2D eigenvalue weighted by Crippen LogP contribution is -2.23. The van der Waals surface area contributed by atoms with Crippen LogP contribution in [0.1, 0.15) is 5.56 Å². The van der Waals surface area contributed by atoms with E-state index in [0.29, 0.717) is 11.3 Å². The van der Waals surface area contributed by atoms with E-state index in [2.05, 4.69) is 14.8 Å². The molecular weight excluding hydrogens is 339 g/mol. The molecule has 1 N–H and O–H groups in total. The summed E-state index contributed by atoms with van der Waals surface area (Å²) in [7, 11) is 1.10. The van der Waals surface area contributed by atoms with Gasteiger partial charge in [-0.1, -0.05) is 18.2 Å². The zero-order valence-electron chi connectivity index (χ0n) is 13.3. The first-order chi connectivity index (χ1) is 11.7. The van der Waals surface area contributed by atoms with Crippen molar-refractivity contribution in [1.29, 1.82) is 0 Å². The summed E-state index contributed by atoms with van der Waals surface area (Å²) < 4.78 is 44.6. The van der Waals surface area contributed by atoms with Gasteiger partial charge in [0.1, 0.15) is 5.75 Å². The smallest absolute Gasteiger partial charge is 0.462 e. The van der Waals surface area contributed by atoms with E-state index in [-0.39, 0.29) is 5.75 Å². The van der Waals surface area contributed by atoms with Crippen molar-refractivity contribution in [3.63, 3.8) is 0 Å². The molecule has 0 aliphatic carbocycles. The van der Waals surface area contributed by atoms with Crippen molar-refractivity contribution < 1.29 is 32.2 Å². The second-order valence-corrected chi connectivity index (χ2v) is 5.05. The molecule has 0 saturated carbocycles. The number of aryl methyl sites for hydroxylation is 1. The third kappa shape index (κ3) is 4.97. The van der Waals surface area contributed by atoms with Crippen LogP contribution in [0.15, 0.2) is 42.5 Å². The molecule has 0 spiro atoms. The Morgan fingerprint density at radius 1 is 1.04 bits per heavy atom. The van der Waals surface area contributed by atoms with Crippen LogP contribution in [0.4, 0.5) is 18.9 Å². The van der Waals surface area contributed by atoms with E-state index in [4.69, 9.17) is 0 Å². The van der Waals surface area contributed by atoms with Crippen molar-refractivity contribution in [3.05, 3.63) is 48.0 Å². The number of halogens is 3. The lowest BCUT2D eigenvalue weighted by Gasteiger charge is -2.11. The summed E-state index contributed by atoms with van der Waals surface area (Å²) in [6.45, 7) is 1.77. The number of benzene rings is 2. The van der Waals surface area contributed by atoms with Gasteiger partial charge < -0.3 is 14.8 Å². The summed E-state index contributed by atoms with van der Waals surface area (Å²) in [6, 6.07) is 10.3. The van der Waals surface area contributed by atoms with Crippen molar-refractivity contribution in [1.82, 2.24) is 0 Å². The number of esters is 1. The first kappa shape index (κ1) is 18.3. The van der Waals surface area contributed by atoms with E-state index < -0.39 is 18.2 Å². The Balaban J connectivity index is 2.18. The lowest BCUT2D eigenvalue weighted by atomic mass is 10.00. The number of amides is 1. The fraction of sp³-hybridized carbons (Fsp3) is 0.176.